The maximum absolute atomic E-state index is 12.9. The Morgan fingerprint density at radius 1 is 1.24 bits per heavy atom. The minimum atomic E-state index is -0.347. The second-order valence-corrected chi connectivity index (χ2v) is 5.35. The average Bonchev–Trinajstić information content (AvgIpc) is 2.52. The van der Waals surface area contributed by atoms with Gasteiger partial charge in [-0.3, -0.25) is 4.79 Å². The number of ketones is 1. The monoisotopic (exact) mass is 292 g/mol. The van der Waals surface area contributed by atoms with E-state index < -0.39 is 0 Å². The molecule has 112 valence electrons. The van der Waals surface area contributed by atoms with Crippen molar-refractivity contribution in [1.29, 1.82) is 0 Å². The van der Waals surface area contributed by atoms with Crippen molar-refractivity contribution in [2.45, 2.75) is 31.5 Å². The molecular formula is C16H17FO4. The molecule has 0 radical (unpaired) electrons. The zero-order chi connectivity index (χ0) is 14.8. The quantitative estimate of drug-likeness (QED) is 0.859. The van der Waals surface area contributed by atoms with Crippen LogP contribution in [0.4, 0.5) is 4.39 Å². The van der Waals surface area contributed by atoms with E-state index in [0.717, 1.165) is 12.8 Å². The van der Waals surface area contributed by atoms with Crippen molar-refractivity contribution in [1.82, 2.24) is 0 Å². The minimum Gasteiger partial charge on any atom is -0.493 e. The van der Waals surface area contributed by atoms with Gasteiger partial charge in [-0.05, 0) is 37.1 Å². The molecule has 3 rings (SSSR count). The zero-order valence-corrected chi connectivity index (χ0v) is 11.8. The highest BCUT2D eigenvalue weighted by atomic mass is 19.1. The fraction of sp³-hybridized carbons (Fsp3) is 0.438. The Balaban J connectivity index is 1.71. The first-order valence-corrected chi connectivity index (χ1v) is 7.03. The van der Waals surface area contributed by atoms with Crippen LogP contribution in [0.1, 0.15) is 19.3 Å². The molecule has 1 aromatic rings. The van der Waals surface area contributed by atoms with E-state index in [-0.39, 0.29) is 35.5 Å². The molecule has 1 aliphatic carbocycles. The molecule has 0 bridgehead atoms. The van der Waals surface area contributed by atoms with Gasteiger partial charge in [0.05, 0.1) is 12.0 Å². The number of benzene rings is 1. The van der Waals surface area contributed by atoms with Crippen molar-refractivity contribution in [3.63, 3.8) is 0 Å². The second-order valence-electron chi connectivity index (χ2n) is 5.35. The standard InChI is InChI=1S/C16H17FO4/c1-19-12-6-7-13-14(8-12)20-9-15(16(13)18)21-11-4-2-10(17)3-5-11/h2-5,9,12-14H,6-8H2,1H3. The predicted molar refractivity (Wildman–Crippen MR) is 73.1 cm³/mol. The van der Waals surface area contributed by atoms with Gasteiger partial charge in [0.15, 0.2) is 0 Å². The maximum atomic E-state index is 12.9. The molecule has 1 heterocycles. The molecule has 0 N–H and O–H groups in total. The minimum absolute atomic E-state index is 0.0508. The lowest BCUT2D eigenvalue weighted by Gasteiger charge is -2.36. The van der Waals surface area contributed by atoms with Crippen LogP contribution in [-0.4, -0.2) is 25.1 Å². The van der Waals surface area contributed by atoms with Gasteiger partial charge < -0.3 is 14.2 Å². The van der Waals surface area contributed by atoms with Crippen LogP contribution in [0.2, 0.25) is 0 Å². The molecule has 1 saturated carbocycles. The van der Waals surface area contributed by atoms with Crippen molar-refractivity contribution in [2.24, 2.45) is 5.92 Å². The third-order valence-corrected chi connectivity index (χ3v) is 4.05. The van der Waals surface area contributed by atoms with Crippen molar-refractivity contribution in [2.75, 3.05) is 7.11 Å². The molecule has 2 aliphatic rings. The molecule has 0 aromatic heterocycles. The van der Waals surface area contributed by atoms with Gasteiger partial charge in [0.2, 0.25) is 11.5 Å². The van der Waals surface area contributed by atoms with Crippen LogP contribution in [0.25, 0.3) is 0 Å². The lowest BCUT2D eigenvalue weighted by atomic mass is 9.80. The van der Waals surface area contributed by atoms with Crippen molar-refractivity contribution in [3.05, 3.63) is 42.1 Å². The number of carbonyl (C=O) groups excluding carboxylic acids is 1. The van der Waals surface area contributed by atoms with E-state index in [4.69, 9.17) is 14.2 Å². The lowest BCUT2D eigenvalue weighted by molar-refractivity contribution is -0.133. The van der Waals surface area contributed by atoms with E-state index in [1.807, 2.05) is 0 Å². The molecular weight excluding hydrogens is 275 g/mol. The third-order valence-electron chi connectivity index (χ3n) is 4.05. The number of methoxy groups -OCH3 is 1. The topological polar surface area (TPSA) is 44.8 Å². The van der Waals surface area contributed by atoms with Crippen LogP contribution in [0.15, 0.2) is 36.3 Å². The summed E-state index contributed by atoms with van der Waals surface area (Å²) in [6.45, 7) is 0. The van der Waals surface area contributed by atoms with E-state index in [1.165, 1.54) is 30.5 Å². The molecule has 0 spiro atoms. The molecule has 3 atom stereocenters. The number of ether oxygens (including phenoxy) is 3. The fourth-order valence-electron chi connectivity index (χ4n) is 2.85. The number of fused-ring (bicyclic) bond motifs is 1. The molecule has 1 aromatic carbocycles. The van der Waals surface area contributed by atoms with Gasteiger partial charge >= 0.3 is 0 Å². The summed E-state index contributed by atoms with van der Waals surface area (Å²) in [6.07, 6.45) is 3.66. The summed E-state index contributed by atoms with van der Waals surface area (Å²) in [4.78, 5) is 12.4. The summed E-state index contributed by atoms with van der Waals surface area (Å²) in [5.74, 6) is 0.0184. The van der Waals surface area contributed by atoms with Crippen LogP contribution >= 0.6 is 0 Å². The summed E-state index contributed by atoms with van der Waals surface area (Å²) in [6, 6.07) is 5.54. The normalized spacial score (nSPS) is 28.4. The van der Waals surface area contributed by atoms with Gasteiger partial charge in [0.25, 0.3) is 0 Å². The van der Waals surface area contributed by atoms with Gasteiger partial charge in [-0.25, -0.2) is 4.39 Å². The van der Waals surface area contributed by atoms with E-state index in [9.17, 15) is 9.18 Å². The number of halogens is 1. The number of hydrogen-bond acceptors (Lipinski definition) is 4. The molecule has 1 aliphatic heterocycles. The van der Waals surface area contributed by atoms with E-state index >= 15 is 0 Å². The summed E-state index contributed by atoms with van der Waals surface area (Å²) in [5.41, 5.74) is 0. The molecule has 0 saturated heterocycles. The molecule has 3 unspecified atom stereocenters. The zero-order valence-electron chi connectivity index (χ0n) is 11.8. The lowest BCUT2D eigenvalue weighted by Crippen LogP contribution is -2.42. The summed E-state index contributed by atoms with van der Waals surface area (Å²) < 4.78 is 29.3. The van der Waals surface area contributed by atoms with Crippen LogP contribution in [0.5, 0.6) is 5.75 Å². The number of carbonyl (C=O) groups is 1. The van der Waals surface area contributed by atoms with Crippen LogP contribution in [-0.2, 0) is 14.3 Å². The second kappa shape index (κ2) is 5.85. The van der Waals surface area contributed by atoms with Gasteiger partial charge in [-0.15, -0.1) is 0 Å². The molecule has 4 nitrogen and oxygen atoms in total. The Morgan fingerprint density at radius 2 is 2.00 bits per heavy atom. The number of hydrogen-bond donors (Lipinski definition) is 0. The van der Waals surface area contributed by atoms with Gasteiger partial charge in [0.1, 0.15) is 23.9 Å². The predicted octanol–water partition coefficient (Wildman–Crippen LogP) is 2.83. The Morgan fingerprint density at radius 3 is 2.71 bits per heavy atom. The largest absolute Gasteiger partial charge is 0.493 e. The van der Waals surface area contributed by atoms with Gasteiger partial charge in [-0.2, -0.15) is 0 Å². The highest BCUT2D eigenvalue weighted by Gasteiger charge is 2.41. The Hall–Kier alpha value is -1.88. The van der Waals surface area contributed by atoms with Gasteiger partial charge in [-0.1, -0.05) is 0 Å². The van der Waals surface area contributed by atoms with Crippen molar-refractivity contribution in [3.8, 4) is 5.75 Å². The maximum Gasteiger partial charge on any atom is 0.207 e. The Bertz CT molecular complexity index is 552. The molecule has 5 heteroatoms. The van der Waals surface area contributed by atoms with Crippen LogP contribution in [0, 0.1) is 11.7 Å². The number of allylic oxidation sites excluding steroid dienone is 1. The number of Topliss-reactive ketones (excluding diaryl/α,β-unsaturated/α-hetero) is 1. The first-order chi connectivity index (χ1) is 10.2. The molecule has 21 heavy (non-hydrogen) atoms. The first kappa shape index (κ1) is 14.1. The fourth-order valence-corrected chi connectivity index (χ4v) is 2.85. The average molecular weight is 292 g/mol. The van der Waals surface area contributed by atoms with E-state index in [0.29, 0.717) is 12.2 Å². The molecule has 0 amide bonds. The first-order valence-electron chi connectivity index (χ1n) is 7.03. The number of rotatable bonds is 3. The van der Waals surface area contributed by atoms with Crippen LogP contribution in [0.3, 0.4) is 0 Å². The van der Waals surface area contributed by atoms with E-state index in [2.05, 4.69) is 0 Å². The van der Waals surface area contributed by atoms with Gasteiger partial charge in [0, 0.05) is 13.5 Å². The Labute approximate surface area is 122 Å². The smallest absolute Gasteiger partial charge is 0.207 e. The van der Waals surface area contributed by atoms with Crippen LogP contribution < -0.4 is 4.74 Å². The Kier molecular flexibility index (Phi) is 3.92. The molecule has 1 fully saturated rings. The van der Waals surface area contributed by atoms with E-state index in [1.54, 1.807) is 7.11 Å². The van der Waals surface area contributed by atoms with Crippen molar-refractivity contribution < 1.29 is 23.4 Å². The highest BCUT2D eigenvalue weighted by molar-refractivity contribution is 5.96. The highest BCUT2D eigenvalue weighted by Crippen LogP contribution is 2.34. The summed E-state index contributed by atoms with van der Waals surface area (Å²) in [7, 11) is 1.68. The SMILES string of the molecule is COC1CCC2C(=O)C(Oc3ccc(F)cc3)=COC2C1. The van der Waals surface area contributed by atoms with Crippen molar-refractivity contribution >= 4 is 5.78 Å². The summed E-state index contributed by atoms with van der Waals surface area (Å²) >= 11 is 0. The summed E-state index contributed by atoms with van der Waals surface area (Å²) in [5, 5.41) is 0. The third kappa shape index (κ3) is 2.93.